The number of hydrogen-bond acceptors (Lipinski definition) is 6. The molecule has 0 bridgehead atoms. The molecule has 0 spiro atoms. The molecule has 2 aromatic carbocycles. The minimum atomic E-state index is -0.484. The standard InChI is InChI=1S/C33H32N4O4/c1-40-33(39)28-19-34-31(36(20-23-10-4-2-5-11-23)21-24-12-6-3-7-13-24)30-27(28)18-29(35-30)26-15-8-16-37(32(26)38)25-14-9-17-41-22-25/h2-8,10-13,15-16,18-19,25,35H,9,14,17,20-22H2,1H3. The van der Waals surface area contributed by atoms with Crippen LogP contribution < -0.4 is 10.5 Å². The van der Waals surface area contributed by atoms with Gasteiger partial charge in [-0.15, -0.1) is 0 Å². The Labute approximate surface area is 238 Å². The Morgan fingerprint density at radius 2 is 1.76 bits per heavy atom. The molecule has 1 unspecified atom stereocenters. The highest BCUT2D eigenvalue weighted by Crippen LogP contribution is 2.33. The number of aromatic amines is 1. The molecule has 6 rings (SSSR count). The van der Waals surface area contributed by atoms with Gasteiger partial charge in [-0.1, -0.05) is 60.7 Å². The molecule has 0 aliphatic carbocycles. The van der Waals surface area contributed by atoms with E-state index in [-0.39, 0.29) is 11.6 Å². The second-order valence-corrected chi connectivity index (χ2v) is 10.3. The van der Waals surface area contributed by atoms with Crippen LogP contribution in [0, 0.1) is 0 Å². The van der Waals surface area contributed by atoms with Crippen molar-refractivity contribution in [3.05, 3.63) is 118 Å². The number of H-pyrrole nitrogens is 1. The van der Waals surface area contributed by atoms with E-state index in [0.717, 1.165) is 30.6 Å². The van der Waals surface area contributed by atoms with Crippen LogP contribution in [0.1, 0.15) is 40.4 Å². The average Bonchev–Trinajstić information content (AvgIpc) is 3.47. The Kier molecular flexibility index (Phi) is 7.65. The number of ether oxygens (including phenoxy) is 2. The molecule has 1 N–H and O–H groups in total. The third-order valence-electron chi connectivity index (χ3n) is 7.58. The lowest BCUT2D eigenvalue weighted by molar-refractivity contribution is 0.0580. The van der Waals surface area contributed by atoms with Gasteiger partial charge in [0.25, 0.3) is 5.56 Å². The monoisotopic (exact) mass is 548 g/mol. The summed E-state index contributed by atoms with van der Waals surface area (Å²) in [4.78, 5) is 36.9. The van der Waals surface area contributed by atoms with E-state index in [1.54, 1.807) is 10.8 Å². The molecule has 8 heteroatoms. The SMILES string of the molecule is COC(=O)c1cnc(N(Cc2ccccc2)Cc2ccccc2)c2[nH]c(-c3cccn(C4CCCOC4)c3=O)cc12. The van der Waals surface area contributed by atoms with Crippen LogP contribution in [0.4, 0.5) is 5.82 Å². The zero-order valence-electron chi connectivity index (χ0n) is 23.0. The molecule has 3 aromatic heterocycles. The molecule has 1 aliphatic heterocycles. The number of nitrogens with zero attached hydrogens (tertiary/aromatic N) is 3. The van der Waals surface area contributed by atoms with E-state index in [2.05, 4.69) is 34.1 Å². The number of carbonyl (C=O) groups is 1. The number of methoxy groups -OCH3 is 1. The fourth-order valence-corrected chi connectivity index (χ4v) is 5.52. The maximum atomic E-state index is 13.7. The Hall–Kier alpha value is -4.69. The average molecular weight is 549 g/mol. The minimum absolute atomic E-state index is 0.00401. The molecule has 4 heterocycles. The molecule has 5 aromatic rings. The lowest BCUT2D eigenvalue weighted by atomic mass is 10.1. The van der Waals surface area contributed by atoms with Gasteiger partial charge in [-0.05, 0) is 42.2 Å². The zero-order chi connectivity index (χ0) is 28.2. The van der Waals surface area contributed by atoms with Gasteiger partial charge in [0.15, 0.2) is 5.82 Å². The molecule has 1 aliphatic rings. The number of nitrogens with one attached hydrogen (secondary N) is 1. The largest absolute Gasteiger partial charge is 0.465 e. The van der Waals surface area contributed by atoms with Crippen LogP contribution in [-0.2, 0) is 22.6 Å². The first-order valence-corrected chi connectivity index (χ1v) is 13.8. The van der Waals surface area contributed by atoms with Crippen molar-refractivity contribution in [3.8, 4) is 11.3 Å². The normalized spacial score (nSPS) is 15.1. The number of esters is 1. The lowest BCUT2D eigenvalue weighted by Crippen LogP contribution is -2.30. The highest BCUT2D eigenvalue weighted by atomic mass is 16.5. The molecular formula is C33H32N4O4. The van der Waals surface area contributed by atoms with E-state index < -0.39 is 5.97 Å². The number of pyridine rings is 2. The van der Waals surface area contributed by atoms with Crippen molar-refractivity contribution in [1.29, 1.82) is 0 Å². The topological polar surface area (TPSA) is 89.4 Å². The van der Waals surface area contributed by atoms with Gasteiger partial charge in [0.2, 0.25) is 0 Å². The van der Waals surface area contributed by atoms with E-state index >= 15 is 0 Å². The van der Waals surface area contributed by atoms with Gasteiger partial charge >= 0.3 is 5.97 Å². The number of carbonyl (C=O) groups excluding carboxylic acids is 1. The van der Waals surface area contributed by atoms with Crippen LogP contribution in [0.5, 0.6) is 0 Å². The van der Waals surface area contributed by atoms with Gasteiger partial charge in [0, 0.05) is 37.5 Å². The van der Waals surface area contributed by atoms with E-state index in [1.807, 2.05) is 60.8 Å². The van der Waals surface area contributed by atoms with Crippen LogP contribution in [-0.4, -0.2) is 40.8 Å². The summed E-state index contributed by atoms with van der Waals surface area (Å²) >= 11 is 0. The number of hydrogen-bond donors (Lipinski definition) is 1. The number of fused-ring (bicyclic) bond motifs is 1. The molecule has 1 saturated heterocycles. The van der Waals surface area contributed by atoms with Gasteiger partial charge in [-0.25, -0.2) is 9.78 Å². The first kappa shape index (κ1) is 26.5. The smallest absolute Gasteiger partial charge is 0.340 e. The van der Waals surface area contributed by atoms with Crippen molar-refractivity contribution in [3.63, 3.8) is 0 Å². The summed E-state index contributed by atoms with van der Waals surface area (Å²) in [5.74, 6) is 0.200. The number of anilines is 1. The predicted molar refractivity (Wildman–Crippen MR) is 159 cm³/mol. The first-order valence-electron chi connectivity index (χ1n) is 13.8. The Morgan fingerprint density at radius 1 is 1.05 bits per heavy atom. The number of rotatable bonds is 8. The molecule has 1 atom stereocenters. The number of aromatic nitrogens is 3. The summed E-state index contributed by atoms with van der Waals surface area (Å²) in [5.41, 5.74) is 4.30. The minimum Gasteiger partial charge on any atom is -0.465 e. The Morgan fingerprint density at radius 3 is 2.39 bits per heavy atom. The van der Waals surface area contributed by atoms with Gasteiger partial charge in [0.05, 0.1) is 42.1 Å². The van der Waals surface area contributed by atoms with Gasteiger partial charge < -0.3 is 23.9 Å². The van der Waals surface area contributed by atoms with Crippen molar-refractivity contribution < 1.29 is 14.3 Å². The summed E-state index contributed by atoms with van der Waals surface area (Å²) in [6.45, 7) is 2.44. The van der Waals surface area contributed by atoms with Crippen molar-refractivity contribution in [1.82, 2.24) is 14.5 Å². The molecule has 0 saturated carbocycles. The van der Waals surface area contributed by atoms with Crippen LogP contribution in [0.15, 0.2) is 96.1 Å². The Balaban J connectivity index is 1.49. The molecule has 0 amide bonds. The third-order valence-corrected chi connectivity index (χ3v) is 7.58. The summed E-state index contributed by atoms with van der Waals surface area (Å²) in [5, 5.41) is 0.652. The van der Waals surface area contributed by atoms with E-state index in [0.29, 0.717) is 53.2 Å². The van der Waals surface area contributed by atoms with Crippen molar-refractivity contribution in [2.75, 3.05) is 25.2 Å². The van der Waals surface area contributed by atoms with Crippen LogP contribution >= 0.6 is 0 Å². The van der Waals surface area contributed by atoms with E-state index in [1.165, 1.54) is 7.11 Å². The van der Waals surface area contributed by atoms with Crippen LogP contribution in [0.25, 0.3) is 22.2 Å². The highest BCUT2D eigenvalue weighted by Gasteiger charge is 2.23. The second-order valence-electron chi connectivity index (χ2n) is 10.3. The zero-order valence-corrected chi connectivity index (χ0v) is 23.0. The van der Waals surface area contributed by atoms with E-state index in [4.69, 9.17) is 14.5 Å². The second kappa shape index (κ2) is 11.8. The fourth-order valence-electron chi connectivity index (χ4n) is 5.52. The van der Waals surface area contributed by atoms with E-state index in [9.17, 15) is 9.59 Å². The fraction of sp³-hybridized carbons (Fsp3) is 0.242. The first-order chi connectivity index (χ1) is 20.1. The van der Waals surface area contributed by atoms with Gasteiger partial charge in [0.1, 0.15) is 0 Å². The summed E-state index contributed by atoms with van der Waals surface area (Å²) in [6, 6.07) is 25.9. The maximum absolute atomic E-state index is 13.7. The molecule has 208 valence electrons. The molecular weight excluding hydrogens is 516 g/mol. The van der Waals surface area contributed by atoms with Gasteiger partial charge in [-0.3, -0.25) is 4.79 Å². The van der Waals surface area contributed by atoms with Crippen LogP contribution in [0.3, 0.4) is 0 Å². The summed E-state index contributed by atoms with van der Waals surface area (Å²) < 4.78 is 12.5. The lowest BCUT2D eigenvalue weighted by Gasteiger charge is -2.25. The van der Waals surface area contributed by atoms with Crippen molar-refractivity contribution in [2.45, 2.75) is 32.0 Å². The quantitative estimate of drug-likeness (QED) is 0.249. The molecule has 8 nitrogen and oxygen atoms in total. The molecule has 0 radical (unpaired) electrons. The highest BCUT2D eigenvalue weighted by molar-refractivity contribution is 6.07. The van der Waals surface area contributed by atoms with Crippen molar-refractivity contribution >= 4 is 22.7 Å². The Bertz CT molecular complexity index is 1660. The third kappa shape index (κ3) is 5.51. The molecule has 41 heavy (non-hydrogen) atoms. The van der Waals surface area contributed by atoms with Crippen molar-refractivity contribution in [2.24, 2.45) is 0 Å². The summed E-state index contributed by atoms with van der Waals surface area (Å²) in [7, 11) is 1.36. The molecule has 1 fully saturated rings. The maximum Gasteiger partial charge on any atom is 0.340 e. The van der Waals surface area contributed by atoms with Crippen LogP contribution in [0.2, 0.25) is 0 Å². The van der Waals surface area contributed by atoms with Gasteiger partial charge in [-0.2, -0.15) is 0 Å². The predicted octanol–water partition coefficient (Wildman–Crippen LogP) is 5.74. The summed E-state index contributed by atoms with van der Waals surface area (Å²) in [6.07, 6.45) is 5.20. The number of benzene rings is 2.